The number of amides is 1. The van der Waals surface area contributed by atoms with Gasteiger partial charge in [-0.15, -0.1) is 0 Å². The summed E-state index contributed by atoms with van der Waals surface area (Å²) >= 11 is 6.03. The minimum absolute atomic E-state index is 0.151. The number of ether oxygens (including phenoxy) is 1. The summed E-state index contributed by atoms with van der Waals surface area (Å²) in [5.74, 6) is 0.656. The number of hydrogen-bond donors (Lipinski definition) is 2. The molecule has 22 heavy (non-hydrogen) atoms. The summed E-state index contributed by atoms with van der Waals surface area (Å²) in [6.45, 7) is 4.36. The lowest BCUT2D eigenvalue weighted by atomic mass is 10.2. The van der Waals surface area contributed by atoms with Gasteiger partial charge >= 0.3 is 0 Å². The van der Waals surface area contributed by atoms with E-state index in [1.54, 1.807) is 19.1 Å². The largest absolute Gasteiger partial charge is 0.494 e. The highest BCUT2D eigenvalue weighted by Gasteiger charge is 2.13. The molecule has 1 atom stereocenters. The lowest BCUT2D eigenvalue weighted by Gasteiger charge is -2.16. The number of carbonyl (C=O) groups excluding carboxylic acids is 1. The summed E-state index contributed by atoms with van der Waals surface area (Å²) in [7, 11) is 0. The molecule has 2 rings (SSSR count). The van der Waals surface area contributed by atoms with Crippen molar-refractivity contribution < 1.29 is 9.53 Å². The van der Waals surface area contributed by atoms with Crippen molar-refractivity contribution in [2.75, 3.05) is 17.2 Å². The zero-order valence-electron chi connectivity index (χ0n) is 12.6. The zero-order chi connectivity index (χ0) is 15.9. The number of para-hydroxylation sites is 1. The van der Waals surface area contributed by atoms with Gasteiger partial charge in [-0.2, -0.15) is 0 Å². The van der Waals surface area contributed by atoms with Gasteiger partial charge in [-0.1, -0.05) is 23.7 Å². The van der Waals surface area contributed by atoms with Crippen molar-refractivity contribution in [1.82, 2.24) is 0 Å². The van der Waals surface area contributed by atoms with Crippen LogP contribution in [0, 0.1) is 0 Å². The predicted octanol–water partition coefficient (Wildman–Crippen LogP) is 4.18. The average Bonchev–Trinajstić information content (AvgIpc) is 2.51. The molecule has 0 unspecified atom stereocenters. The molecule has 0 aromatic heterocycles. The van der Waals surface area contributed by atoms with Gasteiger partial charge in [0.25, 0.3) is 0 Å². The Morgan fingerprint density at radius 3 is 2.50 bits per heavy atom. The van der Waals surface area contributed by atoms with Crippen LogP contribution >= 0.6 is 11.6 Å². The topological polar surface area (TPSA) is 50.4 Å². The molecule has 0 aliphatic heterocycles. The number of nitrogens with one attached hydrogen (secondary N) is 2. The number of hydrogen-bond acceptors (Lipinski definition) is 3. The second kappa shape index (κ2) is 7.71. The monoisotopic (exact) mass is 318 g/mol. The molecule has 0 fully saturated rings. The fourth-order valence-corrected chi connectivity index (χ4v) is 2.12. The van der Waals surface area contributed by atoms with E-state index >= 15 is 0 Å². The van der Waals surface area contributed by atoms with Crippen LogP contribution in [0.25, 0.3) is 0 Å². The van der Waals surface area contributed by atoms with Crippen molar-refractivity contribution in [1.29, 1.82) is 0 Å². The van der Waals surface area contributed by atoms with Gasteiger partial charge in [0.15, 0.2) is 0 Å². The van der Waals surface area contributed by atoms with Crippen molar-refractivity contribution in [3.05, 3.63) is 53.6 Å². The Morgan fingerprint density at radius 1 is 1.18 bits per heavy atom. The highest BCUT2D eigenvalue weighted by molar-refractivity contribution is 6.33. The van der Waals surface area contributed by atoms with Crippen LogP contribution in [0.4, 0.5) is 11.4 Å². The third-order valence-corrected chi connectivity index (χ3v) is 3.40. The van der Waals surface area contributed by atoms with E-state index in [2.05, 4.69) is 10.6 Å². The number of rotatable bonds is 6. The molecule has 1 amide bonds. The van der Waals surface area contributed by atoms with Crippen LogP contribution in [0.1, 0.15) is 13.8 Å². The summed E-state index contributed by atoms with van der Waals surface area (Å²) < 4.78 is 5.38. The van der Waals surface area contributed by atoms with Crippen LogP contribution < -0.4 is 15.4 Å². The Hall–Kier alpha value is -2.20. The molecule has 2 aromatic carbocycles. The molecule has 2 aromatic rings. The maximum absolute atomic E-state index is 12.2. The molecular weight excluding hydrogens is 300 g/mol. The molecule has 0 aliphatic carbocycles. The molecule has 0 aliphatic rings. The second-order valence-corrected chi connectivity index (χ2v) is 5.20. The van der Waals surface area contributed by atoms with Crippen LogP contribution in [0.15, 0.2) is 48.5 Å². The highest BCUT2D eigenvalue weighted by atomic mass is 35.5. The first-order valence-electron chi connectivity index (χ1n) is 7.15. The Morgan fingerprint density at radius 2 is 1.86 bits per heavy atom. The van der Waals surface area contributed by atoms with Crippen LogP contribution in [-0.2, 0) is 4.79 Å². The third kappa shape index (κ3) is 4.40. The molecule has 0 spiro atoms. The molecule has 116 valence electrons. The number of anilines is 2. The lowest BCUT2D eigenvalue weighted by molar-refractivity contribution is -0.116. The Bertz CT molecular complexity index is 629. The molecular formula is C17H19ClN2O2. The lowest BCUT2D eigenvalue weighted by Crippen LogP contribution is -2.31. The summed E-state index contributed by atoms with van der Waals surface area (Å²) in [6.07, 6.45) is 0. The van der Waals surface area contributed by atoms with Gasteiger partial charge in [-0.25, -0.2) is 0 Å². The van der Waals surface area contributed by atoms with E-state index in [1.165, 1.54) is 0 Å². The van der Waals surface area contributed by atoms with Crippen molar-refractivity contribution in [2.45, 2.75) is 19.9 Å². The fraction of sp³-hybridized carbons (Fsp3) is 0.235. The van der Waals surface area contributed by atoms with Gasteiger partial charge < -0.3 is 15.4 Å². The van der Waals surface area contributed by atoms with Gasteiger partial charge in [0.1, 0.15) is 11.8 Å². The number of benzene rings is 2. The molecule has 0 radical (unpaired) electrons. The SMILES string of the molecule is CCOc1ccc(N[C@@H](C)C(=O)Nc2ccccc2Cl)cc1. The van der Waals surface area contributed by atoms with Gasteiger partial charge in [0.05, 0.1) is 17.3 Å². The van der Waals surface area contributed by atoms with E-state index in [9.17, 15) is 4.79 Å². The van der Waals surface area contributed by atoms with E-state index in [4.69, 9.17) is 16.3 Å². The standard InChI is InChI=1S/C17H19ClN2O2/c1-3-22-14-10-8-13(9-11-14)19-12(2)17(21)20-16-7-5-4-6-15(16)18/h4-12,19H,3H2,1-2H3,(H,20,21)/t12-/m0/s1. The summed E-state index contributed by atoms with van der Waals surface area (Å²) in [4.78, 5) is 12.2. The number of halogens is 1. The number of carbonyl (C=O) groups is 1. The zero-order valence-corrected chi connectivity index (χ0v) is 13.4. The first kappa shape index (κ1) is 16.2. The van der Waals surface area contributed by atoms with E-state index in [-0.39, 0.29) is 5.91 Å². The summed E-state index contributed by atoms with van der Waals surface area (Å²) in [5, 5.41) is 6.46. The maximum Gasteiger partial charge on any atom is 0.246 e. The van der Waals surface area contributed by atoms with Crippen molar-refractivity contribution in [3.63, 3.8) is 0 Å². The smallest absolute Gasteiger partial charge is 0.246 e. The minimum Gasteiger partial charge on any atom is -0.494 e. The van der Waals surface area contributed by atoms with Crippen molar-refractivity contribution >= 4 is 28.9 Å². The fourth-order valence-electron chi connectivity index (χ4n) is 1.93. The Balaban J connectivity index is 1.95. The maximum atomic E-state index is 12.2. The van der Waals surface area contributed by atoms with E-state index in [1.807, 2.05) is 43.3 Å². The second-order valence-electron chi connectivity index (χ2n) is 4.79. The Kier molecular flexibility index (Phi) is 5.67. The Labute approximate surface area is 135 Å². The molecule has 2 N–H and O–H groups in total. The van der Waals surface area contributed by atoms with Crippen LogP contribution in [0.5, 0.6) is 5.75 Å². The third-order valence-electron chi connectivity index (χ3n) is 3.07. The van der Waals surface area contributed by atoms with Crippen molar-refractivity contribution in [2.24, 2.45) is 0 Å². The van der Waals surface area contributed by atoms with Gasteiger partial charge in [-0.05, 0) is 50.2 Å². The predicted molar refractivity (Wildman–Crippen MR) is 90.8 cm³/mol. The normalized spacial score (nSPS) is 11.6. The molecule has 4 nitrogen and oxygen atoms in total. The average molecular weight is 319 g/mol. The van der Waals surface area contributed by atoms with Gasteiger partial charge in [0.2, 0.25) is 5.91 Å². The summed E-state index contributed by atoms with van der Waals surface area (Å²) in [5.41, 5.74) is 1.46. The molecule has 5 heteroatoms. The first-order valence-corrected chi connectivity index (χ1v) is 7.52. The minimum atomic E-state index is -0.394. The quantitative estimate of drug-likeness (QED) is 0.840. The van der Waals surface area contributed by atoms with E-state index in [0.29, 0.717) is 17.3 Å². The summed E-state index contributed by atoms with van der Waals surface area (Å²) in [6, 6.07) is 14.2. The molecule has 0 heterocycles. The van der Waals surface area contributed by atoms with Crippen molar-refractivity contribution in [3.8, 4) is 5.75 Å². The first-order chi connectivity index (χ1) is 10.6. The molecule has 0 bridgehead atoms. The molecule has 0 saturated heterocycles. The molecule has 0 saturated carbocycles. The van der Waals surface area contributed by atoms with Crippen LogP contribution in [-0.4, -0.2) is 18.6 Å². The van der Waals surface area contributed by atoms with E-state index in [0.717, 1.165) is 11.4 Å². The van der Waals surface area contributed by atoms with Crippen LogP contribution in [0.3, 0.4) is 0 Å². The van der Waals surface area contributed by atoms with Gasteiger partial charge in [-0.3, -0.25) is 4.79 Å². The van der Waals surface area contributed by atoms with E-state index < -0.39 is 6.04 Å². The highest BCUT2D eigenvalue weighted by Crippen LogP contribution is 2.21. The van der Waals surface area contributed by atoms with Gasteiger partial charge in [0, 0.05) is 5.69 Å². The van der Waals surface area contributed by atoms with Crippen LogP contribution in [0.2, 0.25) is 5.02 Å².